The number of benzene rings is 1. The quantitative estimate of drug-likeness (QED) is 0.881. The van der Waals surface area contributed by atoms with Gasteiger partial charge in [-0.1, -0.05) is 13.0 Å². The summed E-state index contributed by atoms with van der Waals surface area (Å²) in [6.07, 6.45) is 3.57. The van der Waals surface area contributed by atoms with E-state index in [-0.39, 0.29) is 5.41 Å². The number of fused-ring (bicyclic) bond motifs is 1. The van der Waals surface area contributed by atoms with Crippen LogP contribution in [-0.4, -0.2) is 36.8 Å². The minimum atomic E-state index is 0.286. The Balaban J connectivity index is 1.42. The lowest BCUT2D eigenvalue weighted by Crippen LogP contribution is -2.42. The highest BCUT2D eigenvalue weighted by atomic mass is 32.1. The molecule has 2 aromatic rings. The van der Waals surface area contributed by atoms with Crippen molar-refractivity contribution in [3.63, 3.8) is 0 Å². The summed E-state index contributed by atoms with van der Waals surface area (Å²) in [5, 5.41) is 6.28. The Bertz CT molecular complexity index is 748. The number of aromatic nitrogens is 1. The van der Waals surface area contributed by atoms with Crippen molar-refractivity contribution in [2.75, 3.05) is 32.2 Å². The number of thiazole rings is 1. The highest BCUT2D eigenvalue weighted by Crippen LogP contribution is 2.38. The molecule has 1 N–H and O–H groups in total. The zero-order valence-electron chi connectivity index (χ0n) is 14.9. The van der Waals surface area contributed by atoms with Gasteiger partial charge < -0.3 is 14.8 Å². The summed E-state index contributed by atoms with van der Waals surface area (Å²) in [4.78, 5) is 7.18. The van der Waals surface area contributed by atoms with E-state index < -0.39 is 0 Å². The summed E-state index contributed by atoms with van der Waals surface area (Å²) in [6.45, 7) is 5.95. The molecule has 0 radical (unpaired) electrons. The smallest absolute Gasteiger partial charge is 0.231 e. The van der Waals surface area contributed by atoms with Crippen LogP contribution in [0.5, 0.6) is 11.5 Å². The zero-order valence-corrected chi connectivity index (χ0v) is 15.7. The van der Waals surface area contributed by atoms with Crippen LogP contribution in [0.25, 0.3) is 0 Å². The van der Waals surface area contributed by atoms with Gasteiger partial charge in [0.1, 0.15) is 0 Å². The number of piperidine rings is 1. The normalized spacial score (nSPS) is 23.0. The van der Waals surface area contributed by atoms with E-state index in [0.29, 0.717) is 6.79 Å². The van der Waals surface area contributed by atoms with E-state index in [4.69, 9.17) is 9.47 Å². The number of anilines is 1. The molecule has 3 heterocycles. The molecule has 4 rings (SSSR count). The maximum Gasteiger partial charge on any atom is 0.231 e. The number of ether oxygens (including phenoxy) is 2. The Labute approximate surface area is 153 Å². The van der Waals surface area contributed by atoms with Gasteiger partial charge in [0.2, 0.25) is 6.79 Å². The lowest BCUT2D eigenvalue weighted by molar-refractivity contribution is 0.0961. The molecule has 1 saturated heterocycles. The van der Waals surface area contributed by atoms with Crippen LogP contribution in [0.3, 0.4) is 0 Å². The van der Waals surface area contributed by atoms with Crippen LogP contribution in [0, 0.1) is 5.41 Å². The topological polar surface area (TPSA) is 46.6 Å². The predicted molar refractivity (Wildman–Crippen MR) is 101 cm³/mol. The number of likely N-dealkylation sites (tertiary alicyclic amines) is 1. The van der Waals surface area contributed by atoms with E-state index >= 15 is 0 Å². The van der Waals surface area contributed by atoms with Gasteiger partial charge in [0.15, 0.2) is 16.6 Å². The average molecular weight is 359 g/mol. The van der Waals surface area contributed by atoms with Gasteiger partial charge in [-0.15, -0.1) is 11.3 Å². The number of nitrogens with one attached hydrogen (secondary N) is 1. The van der Waals surface area contributed by atoms with Gasteiger partial charge in [-0.3, -0.25) is 4.90 Å². The summed E-state index contributed by atoms with van der Waals surface area (Å²) < 4.78 is 11.0. The fraction of sp³-hybridized carbons (Fsp3) is 0.526. The van der Waals surface area contributed by atoms with Gasteiger partial charge in [0, 0.05) is 25.5 Å². The summed E-state index contributed by atoms with van der Waals surface area (Å²) in [5.74, 6) is 1.75. The third-order valence-electron chi connectivity index (χ3n) is 5.08. The Morgan fingerprint density at radius 1 is 1.32 bits per heavy atom. The maximum absolute atomic E-state index is 5.53. The molecule has 6 heteroatoms. The summed E-state index contributed by atoms with van der Waals surface area (Å²) in [5.41, 5.74) is 2.79. The summed E-state index contributed by atoms with van der Waals surface area (Å²) in [7, 11) is 1.92. The monoisotopic (exact) mass is 359 g/mol. The first kappa shape index (κ1) is 16.7. The van der Waals surface area contributed by atoms with Crippen molar-refractivity contribution < 1.29 is 9.47 Å². The number of hydrogen-bond donors (Lipinski definition) is 1. The van der Waals surface area contributed by atoms with E-state index in [0.717, 1.165) is 42.7 Å². The van der Waals surface area contributed by atoms with E-state index in [9.17, 15) is 0 Å². The molecule has 2 aliphatic heterocycles. The Kier molecular flexibility index (Phi) is 4.56. The molecule has 5 nitrogen and oxygen atoms in total. The molecule has 25 heavy (non-hydrogen) atoms. The van der Waals surface area contributed by atoms with Gasteiger partial charge >= 0.3 is 0 Å². The Morgan fingerprint density at radius 2 is 2.20 bits per heavy atom. The highest BCUT2D eigenvalue weighted by molar-refractivity contribution is 7.13. The molecule has 0 amide bonds. The molecule has 0 bridgehead atoms. The second-order valence-electron chi connectivity index (χ2n) is 7.38. The van der Waals surface area contributed by atoms with E-state index in [1.807, 2.05) is 13.1 Å². The molecule has 1 unspecified atom stereocenters. The van der Waals surface area contributed by atoms with E-state index in [1.165, 1.54) is 24.1 Å². The van der Waals surface area contributed by atoms with Crippen molar-refractivity contribution in [1.82, 2.24) is 9.88 Å². The standard InChI is InChI=1S/C19H25N3O2S/c1-19(9-14-4-5-16-17(8-14)24-13-23-16)6-3-7-22(12-19)10-15-11-25-18(20-2)21-15/h4-5,8,11H,3,6-7,9-10,12-13H2,1-2H3,(H,20,21). The van der Waals surface area contributed by atoms with Crippen LogP contribution in [0.1, 0.15) is 31.0 Å². The van der Waals surface area contributed by atoms with Crippen LogP contribution in [0.15, 0.2) is 23.6 Å². The number of nitrogens with zero attached hydrogens (tertiary/aromatic N) is 2. The minimum absolute atomic E-state index is 0.286. The maximum atomic E-state index is 5.53. The van der Waals surface area contributed by atoms with E-state index in [1.54, 1.807) is 11.3 Å². The predicted octanol–water partition coefficient (Wildman–Crippen LogP) is 3.76. The molecular formula is C19H25N3O2S. The molecule has 134 valence electrons. The first-order valence-electron chi connectivity index (χ1n) is 8.87. The molecule has 0 aliphatic carbocycles. The minimum Gasteiger partial charge on any atom is -0.454 e. The number of rotatable bonds is 5. The van der Waals surface area contributed by atoms with Gasteiger partial charge in [0.05, 0.1) is 5.69 Å². The van der Waals surface area contributed by atoms with Crippen molar-refractivity contribution in [3.8, 4) is 11.5 Å². The van der Waals surface area contributed by atoms with Crippen LogP contribution in [0.4, 0.5) is 5.13 Å². The van der Waals surface area contributed by atoms with Crippen LogP contribution in [-0.2, 0) is 13.0 Å². The fourth-order valence-electron chi connectivity index (χ4n) is 3.97. The van der Waals surface area contributed by atoms with Gasteiger partial charge in [-0.25, -0.2) is 4.98 Å². The Morgan fingerprint density at radius 3 is 3.04 bits per heavy atom. The van der Waals surface area contributed by atoms with Gasteiger partial charge in [-0.2, -0.15) is 0 Å². The van der Waals surface area contributed by atoms with Crippen molar-refractivity contribution in [2.24, 2.45) is 5.41 Å². The SMILES string of the molecule is CNc1nc(CN2CCCC(C)(Cc3ccc4c(c3)OCO4)C2)cs1. The van der Waals surface area contributed by atoms with Gasteiger partial charge in [-0.05, 0) is 48.9 Å². The van der Waals surface area contributed by atoms with Crippen LogP contribution < -0.4 is 14.8 Å². The Hall–Kier alpha value is -1.79. The molecule has 0 spiro atoms. The third-order valence-corrected chi connectivity index (χ3v) is 5.99. The van der Waals surface area contributed by atoms with Crippen LogP contribution >= 0.6 is 11.3 Å². The molecule has 1 fully saturated rings. The van der Waals surface area contributed by atoms with Crippen molar-refractivity contribution in [2.45, 2.75) is 32.7 Å². The zero-order chi connectivity index (χ0) is 17.3. The highest BCUT2D eigenvalue weighted by Gasteiger charge is 2.32. The fourth-order valence-corrected chi connectivity index (χ4v) is 4.64. The number of hydrogen-bond acceptors (Lipinski definition) is 6. The lowest BCUT2D eigenvalue weighted by atomic mass is 9.77. The summed E-state index contributed by atoms with van der Waals surface area (Å²) in [6, 6.07) is 6.36. The lowest BCUT2D eigenvalue weighted by Gasteiger charge is -2.40. The first-order valence-corrected chi connectivity index (χ1v) is 9.75. The van der Waals surface area contributed by atoms with Crippen LogP contribution in [0.2, 0.25) is 0 Å². The molecule has 0 saturated carbocycles. The molecule has 1 atom stereocenters. The molecule has 2 aliphatic rings. The third kappa shape index (κ3) is 3.75. The van der Waals surface area contributed by atoms with E-state index in [2.05, 4.69) is 39.6 Å². The van der Waals surface area contributed by atoms with Gasteiger partial charge in [0.25, 0.3) is 0 Å². The summed E-state index contributed by atoms with van der Waals surface area (Å²) >= 11 is 1.68. The second kappa shape index (κ2) is 6.84. The van der Waals surface area contributed by atoms with Crippen molar-refractivity contribution in [1.29, 1.82) is 0 Å². The van der Waals surface area contributed by atoms with Crippen molar-refractivity contribution in [3.05, 3.63) is 34.8 Å². The molecular weight excluding hydrogens is 334 g/mol. The molecule has 1 aromatic heterocycles. The second-order valence-corrected chi connectivity index (χ2v) is 8.24. The van der Waals surface area contributed by atoms with Crippen molar-refractivity contribution >= 4 is 16.5 Å². The first-order chi connectivity index (χ1) is 12.1. The largest absolute Gasteiger partial charge is 0.454 e. The molecule has 1 aromatic carbocycles. The average Bonchev–Trinajstić information content (AvgIpc) is 3.23.